The number of hydrogen-bond donors (Lipinski definition) is 6. The topological polar surface area (TPSA) is 247 Å². The number of amides is 2. The Morgan fingerprint density at radius 3 is 2.48 bits per heavy atom. The molecule has 2 unspecified atom stereocenters. The molecule has 54 heavy (non-hydrogen) atoms. The molecule has 2 amide bonds. The molecule has 0 radical (unpaired) electrons. The van der Waals surface area contributed by atoms with Crippen LogP contribution in [0.25, 0.3) is 10.9 Å². The first-order chi connectivity index (χ1) is 25.5. The lowest BCUT2D eigenvalue weighted by atomic mass is 10.0. The number of anilines is 1. The van der Waals surface area contributed by atoms with E-state index >= 15 is 0 Å². The number of phenolic OH excluding ortho intramolecular Hbond substituents is 2. The van der Waals surface area contributed by atoms with Gasteiger partial charge in [-0.3, -0.25) is 19.3 Å². The largest absolute Gasteiger partial charge is 0.504 e. The zero-order valence-electron chi connectivity index (χ0n) is 29.1. The normalized spacial score (nSPS) is 21.2. The first-order valence-corrected chi connectivity index (χ1v) is 19.4. The van der Waals surface area contributed by atoms with Crippen LogP contribution in [0.4, 0.5) is 5.13 Å². The van der Waals surface area contributed by atoms with E-state index in [2.05, 4.69) is 15.5 Å². The van der Waals surface area contributed by atoms with Crippen LogP contribution in [0.15, 0.2) is 38.9 Å². The standard InChI is InChI=1S/C34H36ClN7O10S2/c1-34(2,32(50)51)52-39-23(18-14-54-33(36)37-18)28(46)38-24-29(47)41-25(31(48)49)16(13-53-30(24)41)12-42(7-3-4-8-42)11-15-10-40(17-5-6-17)19-9-20(43)27(45)22(35)21(19)26(15)44/h9-10,14,17,24,30H,3-8,11-13H2,1-2H3,(H6-,36,37,38,39,43,44,45,46,48,49,50,51)/p+1. The molecule has 0 bridgehead atoms. The Balaban J connectivity index is 1.16. The second kappa shape index (κ2) is 13.8. The number of aliphatic carboxylic acids is 2. The molecule has 2 aromatic heterocycles. The van der Waals surface area contributed by atoms with E-state index in [1.54, 1.807) is 6.20 Å². The van der Waals surface area contributed by atoms with Gasteiger partial charge in [0, 0.05) is 47.9 Å². The van der Waals surface area contributed by atoms with Gasteiger partial charge in [0.25, 0.3) is 11.8 Å². The van der Waals surface area contributed by atoms with Gasteiger partial charge < -0.3 is 45.4 Å². The van der Waals surface area contributed by atoms with Crippen molar-refractivity contribution < 1.29 is 48.9 Å². The van der Waals surface area contributed by atoms with Crippen LogP contribution in [0.5, 0.6) is 11.5 Å². The summed E-state index contributed by atoms with van der Waals surface area (Å²) in [5, 5.41) is 47.6. The Kier molecular flexibility index (Phi) is 9.56. The van der Waals surface area contributed by atoms with E-state index in [-0.39, 0.29) is 57.2 Å². The Labute approximate surface area is 320 Å². The lowest BCUT2D eigenvalue weighted by Crippen LogP contribution is -2.71. The molecule has 1 aliphatic carbocycles. The number of aromatic hydroxyl groups is 2. The minimum atomic E-state index is -1.80. The number of hydrogen-bond acceptors (Lipinski definition) is 13. The van der Waals surface area contributed by atoms with E-state index in [0.29, 0.717) is 34.2 Å². The van der Waals surface area contributed by atoms with E-state index in [4.69, 9.17) is 22.2 Å². The third-order valence-electron chi connectivity index (χ3n) is 10.2. The summed E-state index contributed by atoms with van der Waals surface area (Å²) in [5.41, 5.74) is 4.35. The fourth-order valence-corrected chi connectivity index (χ4v) is 9.38. The summed E-state index contributed by atoms with van der Waals surface area (Å²) in [5.74, 6) is -4.97. The van der Waals surface area contributed by atoms with Crippen molar-refractivity contribution in [2.24, 2.45) is 5.16 Å². The predicted octanol–water partition coefficient (Wildman–Crippen LogP) is 2.57. The first kappa shape index (κ1) is 37.5. The molecule has 3 fully saturated rings. The number of nitrogen functional groups attached to an aromatic ring is 1. The molecule has 3 aliphatic heterocycles. The van der Waals surface area contributed by atoms with Gasteiger partial charge in [0.2, 0.25) is 5.60 Å². The van der Waals surface area contributed by atoms with Gasteiger partial charge in [-0.1, -0.05) is 16.8 Å². The second-order valence-electron chi connectivity index (χ2n) is 14.4. The van der Waals surface area contributed by atoms with Crippen molar-refractivity contribution in [3.8, 4) is 11.5 Å². The highest BCUT2D eigenvalue weighted by atomic mass is 35.5. The molecule has 1 saturated carbocycles. The summed E-state index contributed by atoms with van der Waals surface area (Å²) in [4.78, 5) is 75.9. The Morgan fingerprint density at radius 1 is 1.17 bits per heavy atom. The minimum Gasteiger partial charge on any atom is -0.504 e. The van der Waals surface area contributed by atoms with E-state index in [9.17, 15) is 44.4 Å². The van der Waals surface area contributed by atoms with Crippen LogP contribution in [0.1, 0.15) is 56.8 Å². The monoisotopic (exact) mass is 802 g/mol. The van der Waals surface area contributed by atoms with Crippen LogP contribution in [0.3, 0.4) is 0 Å². The SMILES string of the molecule is CC(C)(ON=C(C(=O)NC1C(=O)N2C(C(=O)O)=C(C[N+]3(Cc4cn(C5CC5)c5cc(O)c(O)c(Cl)c5c4=O)CCCC3)CSC12)c1csc(N)n1)C(=O)O. The predicted molar refractivity (Wildman–Crippen MR) is 198 cm³/mol. The molecule has 1 aromatic carbocycles. The summed E-state index contributed by atoms with van der Waals surface area (Å²) in [6.07, 6.45) is 5.20. The van der Waals surface area contributed by atoms with Crippen LogP contribution >= 0.6 is 34.7 Å². The summed E-state index contributed by atoms with van der Waals surface area (Å²) in [7, 11) is 0. The van der Waals surface area contributed by atoms with Crippen molar-refractivity contribution in [2.75, 3.05) is 31.1 Å². The fourth-order valence-electron chi connectivity index (χ4n) is 7.22. The third-order valence-corrected chi connectivity index (χ3v) is 12.6. The van der Waals surface area contributed by atoms with E-state index in [0.717, 1.165) is 41.9 Å². The Hall–Kier alpha value is -4.85. The minimum absolute atomic E-state index is 0.00308. The number of carbonyl (C=O) groups excluding carboxylic acids is 2. The Bertz CT molecular complexity index is 2240. The molecular formula is C34H37ClN7O10S2+. The number of carboxylic acids is 2. The molecule has 3 aromatic rings. The lowest BCUT2D eigenvalue weighted by Gasteiger charge is -2.50. The molecular weight excluding hydrogens is 766 g/mol. The molecule has 7 N–H and O–H groups in total. The maximum Gasteiger partial charge on any atom is 0.352 e. The van der Waals surface area contributed by atoms with Gasteiger partial charge in [0.05, 0.1) is 34.6 Å². The average Bonchev–Trinajstić information content (AvgIpc) is 3.72. The molecule has 5 heterocycles. The zero-order valence-corrected chi connectivity index (χ0v) is 31.5. The van der Waals surface area contributed by atoms with Crippen LogP contribution in [0, 0.1) is 0 Å². The maximum atomic E-state index is 14.0. The molecule has 17 nitrogen and oxygen atoms in total. The quantitative estimate of drug-likeness (QED) is 0.0508. The van der Waals surface area contributed by atoms with Gasteiger partial charge in [0.1, 0.15) is 35.9 Å². The number of nitrogens with zero attached hydrogens (tertiary/aromatic N) is 5. The summed E-state index contributed by atoms with van der Waals surface area (Å²) < 4.78 is 2.27. The van der Waals surface area contributed by atoms with Gasteiger partial charge in [-0.2, -0.15) is 0 Å². The maximum absolute atomic E-state index is 14.0. The second-order valence-corrected chi connectivity index (χ2v) is 16.8. The van der Waals surface area contributed by atoms with Crippen LogP contribution in [0.2, 0.25) is 5.02 Å². The highest BCUT2D eigenvalue weighted by Crippen LogP contribution is 2.44. The van der Waals surface area contributed by atoms with Crippen molar-refractivity contribution in [1.29, 1.82) is 0 Å². The van der Waals surface area contributed by atoms with Gasteiger partial charge >= 0.3 is 11.9 Å². The average molecular weight is 803 g/mol. The van der Waals surface area contributed by atoms with Gasteiger partial charge in [-0.25, -0.2) is 14.6 Å². The number of nitrogens with one attached hydrogen (secondary N) is 1. The van der Waals surface area contributed by atoms with Crippen LogP contribution in [-0.2, 0) is 30.6 Å². The summed E-state index contributed by atoms with van der Waals surface area (Å²) >= 11 is 8.74. The summed E-state index contributed by atoms with van der Waals surface area (Å²) in [6.45, 7) is 4.27. The van der Waals surface area contributed by atoms with Gasteiger partial charge in [-0.05, 0) is 26.7 Å². The smallest absolute Gasteiger partial charge is 0.352 e. The number of quaternary nitrogens is 1. The molecule has 2 atom stereocenters. The number of benzene rings is 1. The number of β-lactam (4-membered cyclic amide) rings is 1. The highest BCUT2D eigenvalue weighted by molar-refractivity contribution is 8.00. The lowest BCUT2D eigenvalue weighted by molar-refractivity contribution is -0.925. The fraction of sp³-hybridized carbons (Fsp3) is 0.441. The first-order valence-electron chi connectivity index (χ1n) is 17.1. The number of rotatable bonds is 12. The Morgan fingerprint density at radius 2 is 1.87 bits per heavy atom. The van der Waals surface area contributed by atoms with E-state index < -0.39 is 58.0 Å². The number of carboxylic acid groups (broad SMARTS) is 2. The molecule has 0 spiro atoms. The number of phenols is 2. The van der Waals surface area contributed by atoms with Crippen molar-refractivity contribution >= 4 is 80.2 Å². The van der Waals surface area contributed by atoms with E-state index in [1.165, 1.54) is 37.1 Å². The molecule has 2 saturated heterocycles. The molecule has 286 valence electrons. The van der Waals surface area contributed by atoms with Gasteiger partial charge in [0.15, 0.2) is 27.8 Å². The number of nitrogens with two attached hydrogens (primary N) is 1. The van der Waals surface area contributed by atoms with Crippen LogP contribution in [-0.4, -0.2) is 111 Å². The summed E-state index contributed by atoms with van der Waals surface area (Å²) in [6, 6.07) is 0.306. The van der Waals surface area contributed by atoms with E-state index in [1.807, 2.05) is 4.57 Å². The number of pyridine rings is 1. The number of thiazole rings is 1. The number of halogens is 1. The van der Waals surface area contributed by atoms with Crippen molar-refractivity contribution in [3.63, 3.8) is 0 Å². The number of oxime groups is 1. The third kappa shape index (κ3) is 6.62. The number of fused-ring (bicyclic) bond motifs is 2. The number of carbonyl (C=O) groups is 4. The number of likely N-dealkylation sites (tertiary alicyclic amines) is 1. The molecule has 20 heteroatoms. The van der Waals surface area contributed by atoms with Crippen molar-refractivity contribution in [1.82, 2.24) is 19.8 Å². The van der Waals surface area contributed by atoms with Gasteiger partial charge in [-0.15, -0.1) is 23.1 Å². The zero-order chi connectivity index (χ0) is 38.9. The van der Waals surface area contributed by atoms with Crippen LogP contribution < -0.4 is 16.5 Å². The number of thioether (sulfide) groups is 1. The van der Waals surface area contributed by atoms with Crippen molar-refractivity contribution in [2.45, 2.75) is 69.1 Å². The van der Waals surface area contributed by atoms with Crippen molar-refractivity contribution in [3.05, 3.63) is 55.4 Å². The molecule has 7 rings (SSSR count). The number of aromatic nitrogens is 2. The molecule has 4 aliphatic rings. The highest BCUT2D eigenvalue weighted by Gasteiger charge is 2.55.